The molecule has 0 spiro atoms. The molecular weight excluding hydrogens is 477 g/mol. The van der Waals surface area contributed by atoms with Crippen LogP contribution in [0.15, 0.2) is 72.8 Å². The van der Waals surface area contributed by atoms with E-state index in [9.17, 15) is 5.26 Å². The normalized spacial score (nSPS) is 11.3. The molecule has 0 unspecified atom stereocenters. The first-order chi connectivity index (χ1) is 16.0. The molecule has 0 N–H and O–H groups in total. The lowest BCUT2D eigenvalue weighted by Crippen LogP contribution is -2.00. The Hall–Kier alpha value is -3.16. The summed E-state index contributed by atoms with van der Waals surface area (Å²) in [5.41, 5.74) is 2.67. The molecule has 0 fully saturated rings. The van der Waals surface area contributed by atoms with Gasteiger partial charge in [-0.3, -0.25) is 0 Å². The summed E-state index contributed by atoms with van der Waals surface area (Å²) in [5, 5.41) is 13.2. The van der Waals surface area contributed by atoms with Gasteiger partial charge in [0.15, 0.2) is 11.5 Å². The molecule has 0 amide bonds. The maximum atomic E-state index is 9.68. The largest absolute Gasteiger partial charge is 0.493 e. The number of halogens is 3. The van der Waals surface area contributed by atoms with Gasteiger partial charge >= 0.3 is 0 Å². The van der Waals surface area contributed by atoms with Gasteiger partial charge in [-0.25, -0.2) is 0 Å². The number of methoxy groups -OCH3 is 1. The van der Waals surface area contributed by atoms with Crippen LogP contribution in [0.2, 0.25) is 15.1 Å². The Bertz CT molecular complexity index is 1400. The first-order valence-corrected chi connectivity index (χ1v) is 11.2. The van der Waals surface area contributed by atoms with Crippen molar-refractivity contribution >= 4 is 57.2 Å². The minimum absolute atomic E-state index is 0.330. The number of nitriles is 1. The van der Waals surface area contributed by atoms with Gasteiger partial charge in [0.25, 0.3) is 0 Å². The Morgan fingerprint density at radius 2 is 1.73 bits per heavy atom. The second-order valence-electron chi connectivity index (χ2n) is 7.26. The Kier molecular flexibility index (Phi) is 7.11. The molecule has 0 bridgehead atoms. The van der Waals surface area contributed by atoms with Crippen molar-refractivity contribution in [1.82, 2.24) is 0 Å². The lowest BCUT2D eigenvalue weighted by atomic mass is 10.0. The van der Waals surface area contributed by atoms with Crippen LogP contribution in [0, 0.1) is 11.3 Å². The fourth-order valence-electron chi connectivity index (χ4n) is 3.58. The summed E-state index contributed by atoms with van der Waals surface area (Å²) < 4.78 is 11.6. The van der Waals surface area contributed by atoms with E-state index in [2.05, 4.69) is 24.3 Å². The minimum atomic E-state index is 0.330. The first-order valence-electron chi connectivity index (χ1n) is 10.0. The van der Waals surface area contributed by atoms with Gasteiger partial charge in [0.2, 0.25) is 0 Å². The van der Waals surface area contributed by atoms with Crippen LogP contribution in [-0.4, -0.2) is 7.11 Å². The van der Waals surface area contributed by atoms with Crippen molar-refractivity contribution < 1.29 is 9.47 Å². The van der Waals surface area contributed by atoms with Gasteiger partial charge in [0.05, 0.1) is 28.8 Å². The molecule has 3 nitrogen and oxygen atoms in total. The number of allylic oxidation sites excluding steroid dienone is 1. The lowest BCUT2D eigenvalue weighted by Gasteiger charge is -2.15. The van der Waals surface area contributed by atoms with Crippen LogP contribution in [-0.2, 0) is 6.61 Å². The summed E-state index contributed by atoms with van der Waals surface area (Å²) in [5.74, 6) is 0.903. The Balaban J connectivity index is 1.65. The highest BCUT2D eigenvalue weighted by Crippen LogP contribution is 2.38. The number of nitrogens with zero attached hydrogens (tertiary/aromatic N) is 1. The third-order valence-electron chi connectivity index (χ3n) is 5.16. The predicted octanol–water partition coefficient (Wildman–Crippen LogP) is 8.45. The average Bonchev–Trinajstić information content (AvgIpc) is 2.82. The fourth-order valence-corrected chi connectivity index (χ4v) is 4.36. The van der Waals surface area contributed by atoms with E-state index in [4.69, 9.17) is 44.3 Å². The molecule has 0 saturated heterocycles. The molecule has 0 atom stereocenters. The van der Waals surface area contributed by atoms with Crippen LogP contribution in [0.1, 0.15) is 16.7 Å². The van der Waals surface area contributed by atoms with Crippen LogP contribution < -0.4 is 9.47 Å². The van der Waals surface area contributed by atoms with E-state index < -0.39 is 0 Å². The summed E-state index contributed by atoms with van der Waals surface area (Å²) in [6.45, 7) is 0.330. The SMILES string of the molecule is COc1cc(/C=C(\C#N)c2ccc(Cl)cc2Cl)cc(Cl)c1OCc1cccc2ccccc12. The van der Waals surface area contributed by atoms with Crippen LogP contribution >= 0.6 is 34.8 Å². The number of hydrogen-bond donors (Lipinski definition) is 0. The smallest absolute Gasteiger partial charge is 0.180 e. The summed E-state index contributed by atoms with van der Waals surface area (Å²) in [6, 6.07) is 24.9. The zero-order chi connectivity index (χ0) is 23.4. The van der Waals surface area contributed by atoms with Crippen LogP contribution in [0.4, 0.5) is 0 Å². The van der Waals surface area contributed by atoms with E-state index in [1.165, 1.54) is 0 Å². The van der Waals surface area contributed by atoms with Gasteiger partial charge in [0, 0.05) is 10.6 Å². The van der Waals surface area contributed by atoms with Crippen LogP contribution in [0.5, 0.6) is 11.5 Å². The molecule has 4 aromatic carbocycles. The average molecular weight is 495 g/mol. The Labute approximate surface area is 207 Å². The highest BCUT2D eigenvalue weighted by atomic mass is 35.5. The van der Waals surface area contributed by atoms with Crippen molar-refractivity contribution in [2.75, 3.05) is 7.11 Å². The first kappa shape index (κ1) is 23.0. The maximum Gasteiger partial charge on any atom is 0.180 e. The molecule has 0 aliphatic heterocycles. The number of fused-ring (bicyclic) bond motifs is 1. The van der Waals surface area contributed by atoms with E-state index >= 15 is 0 Å². The number of benzene rings is 4. The van der Waals surface area contributed by atoms with Gasteiger partial charge in [-0.2, -0.15) is 5.26 Å². The Morgan fingerprint density at radius 3 is 2.48 bits per heavy atom. The van der Waals surface area contributed by atoms with E-state index in [1.807, 2.05) is 24.3 Å². The van der Waals surface area contributed by atoms with Crippen LogP contribution in [0.3, 0.4) is 0 Å². The standard InChI is InChI=1S/C27H18Cl3NO2/c1-32-26-13-17(11-20(15-31)23-10-9-21(28)14-24(23)29)12-25(30)27(26)33-16-19-7-4-6-18-5-2-3-8-22(18)19/h2-14H,16H2,1H3/b20-11+. The summed E-state index contributed by atoms with van der Waals surface area (Å²) >= 11 is 18.8. The van der Waals surface area contributed by atoms with Gasteiger partial charge in [0.1, 0.15) is 6.61 Å². The molecule has 0 saturated carbocycles. The molecule has 0 aliphatic carbocycles. The van der Waals surface area contributed by atoms with Crippen molar-refractivity contribution in [2.45, 2.75) is 6.61 Å². The van der Waals surface area contributed by atoms with Gasteiger partial charge in [-0.15, -0.1) is 0 Å². The molecule has 6 heteroatoms. The van der Waals surface area contributed by atoms with E-state index in [-0.39, 0.29) is 0 Å². The molecule has 0 radical (unpaired) electrons. The van der Waals surface area contributed by atoms with E-state index in [1.54, 1.807) is 43.5 Å². The van der Waals surface area contributed by atoms with Gasteiger partial charge < -0.3 is 9.47 Å². The van der Waals surface area contributed by atoms with Crippen molar-refractivity contribution in [3.63, 3.8) is 0 Å². The second-order valence-corrected chi connectivity index (χ2v) is 8.51. The number of ether oxygens (including phenoxy) is 2. The lowest BCUT2D eigenvalue weighted by molar-refractivity contribution is 0.286. The quantitative estimate of drug-likeness (QED) is 0.199. The molecule has 4 aromatic rings. The monoisotopic (exact) mass is 493 g/mol. The highest BCUT2D eigenvalue weighted by Gasteiger charge is 2.14. The van der Waals surface area contributed by atoms with Crippen molar-refractivity contribution in [3.8, 4) is 17.6 Å². The van der Waals surface area contributed by atoms with Crippen molar-refractivity contribution in [2.24, 2.45) is 0 Å². The molecule has 4 rings (SSSR count). The maximum absolute atomic E-state index is 9.68. The second kappa shape index (κ2) is 10.2. The summed E-state index contributed by atoms with van der Waals surface area (Å²) in [7, 11) is 1.55. The van der Waals surface area contributed by atoms with Crippen LogP contribution in [0.25, 0.3) is 22.4 Å². The summed E-state index contributed by atoms with van der Waals surface area (Å²) in [4.78, 5) is 0. The molecule has 0 heterocycles. The third kappa shape index (κ3) is 5.10. The number of hydrogen-bond acceptors (Lipinski definition) is 3. The van der Waals surface area contributed by atoms with Gasteiger partial charge in [-0.05, 0) is 52.2 Å². The fraction of sp³-hybridized carbons (Fsp3) is 0.0741. The molecule has 0 aromatic heterocycles. The molecular formula is C27H18Cl3NO2. The van der Waals surface area contributed by atoms with Crippen molar-refractivity contribution in [1.29, 1.82) is 5.26 Å². The topological polar surface area (TPSA) is 42.2 Å². The summed E-state index contributed by atoms with van der Waals surface area (Å²) in [6.07, 6.45) is 1.69. The molecule has 33 heavy (non-hydrogen) atoms. The third-order valence-corrected chi connectivity index (χ3v) is 5.99. The minimum Gasteiger partial charge on any atom is -0.493 e. The Morgan fingerprint density at radius 1 is 0.939 bits per heavy atom. The number of rotatable bonds is 6. The predicted molar refractivity (Wildman–Crippen MR) is 136 cm³/mol. The molecule has 0 aliphatic rings. The molecule has 164 valence electrons. The van der Waals surface area contributed by atoms with Crippen molar-refractivity contribution in [3.05, 3.63) is 105 Å². The van der Waals surface area contributed by atoms with Gasteiger partial charge in [-0.1, -0.05) is 83.3 Å². The van der Waals surface area contributed by atoms with E-state index in [0.717, 1.165) is 16.3 Å². The van der Waals surface area contributed by atoms with E-state index in [0.29, 0.717) is 49.9 Å². The highest BCUT2D eigenvalue weighted by molar-refractivity contribution is 6.36. The zero-order valence-electron chi connectivity index (χ0n) is 17.6. The zero-order valence-corrected chi connectivity index (χ0v) is 19.9.